The average molecular weight is 332 g/mol. The fourth-order valence-electron chi connectivity index (χ4n) is 2.96. The summed E-state index contributed by atoms with van der Waals surface area (Å²) in [6.07, 6.45) is 0. The first-order valence-corrected chi connectivity index (χ1v) is 7.87. The van der Waals surface area contributed by atoms with Crippen molar-refractivity contribution in [1.29, 1.82) is 0 Å². The van der Waals surface area contributed by atoms with Crippen LogP contribution in [0, 0.1) is 0 Å². The minimum Gasteiger partial charge on any atom is -0.508 e. The first-order chi connectivity index (χ1) is 12.1. The molecule has 0 amide bonds. The number of rotatable bonds is 2. The molecular formula is C20H16N2O3. The zero-order chi connectivity index (χ0) is 17.4. The van der Waals surface area contributed by atoms with Crippen molar-refractivity contribution in [2.45, 2.75) is 6.54 Å². The van der Waals surface area contributed by atoms with Gasteiger partial charge in [0.15, 0.2) is 0 Å². The summed E-state index contributed by atoms with van der Waals surface area (Å²) in [5, 5.41) is 36.2. The summed E-state index contributed by atoms with van der Waals surface area (Å²) in [7, 11) is 0. The number of phenolic OH excluding ortho intramolecular Hbond substituents is 3. The number of phenols is 3. The number of fused-ring (bicyclic) bond motifs is 1. The highest BCUT2D eigenvalue weighted by atomic mass is 16.3. The normalized spacial score (nSPS) is 13.3. The van der Waals surface area contributed by atoms with E-state index in [9.17, 15) is 15.3 Å². The highest BCUT2D eigenvalue weighted by Gasteiger charge is 2.24. The first kappa shape index (κ1) is 15.1. The Morgan fingerprint density at radius 1 is 0.800 bits per heavy atom. The predicted octanol–water partition coefficient (Wildman–Crippen LogP) is 3.58. The van der Waals surface area contributed by atoms with Crippen molar-refractivity contribution >= 4 is 11.4 Å². The molecule has 1 heterocycles. The molecule has 0 radical (unpaired) electrons. The van der Waals surface area contributed by atoms with E-state index in [-0.39, 0.29) is 17.2 Å². The number of benzene rings is 3. The van der Waals surface area contributed by atoms with Crippen LogP contribution in [0.3, 0.4) is 0 Å². The summed E-state index contributed by atoms with van der Waals surface area (Å²) in [5.41, 5.74) is 3.75. The third kappa shape index (κ3) is 2.76. The van der Waals surface area contributed by atoms with Crippen molar-refractivity contribution in [2.24, 2.45) is 5.10 Å². The molecule has 5 nitrogen and oxygen atoms in total. The fourth-order valence-corrected chi connectivity index (χ4v) is 2.96. The molecule has 0 bridgehead atoms. The van der Waals surface area contributed by atoms with Gasteiger partial charge in [0.25, 0.3) is 0 Å². The van der Waals surface area contributed by atoms with Crippen LogP contribution in [0.15, 0.2) is 71.8 Å². The summed E-state index contributed by atoms with van der Waals surface area (Å²) < 4.78 is 0. The Bertz CT molecular complexity index is 951. The van der Waals surface area contributed by atoms with Crippen molar-refractivity contribution in [3.8, 4) is 17.2 Å². The Morgan fingerprint density at radius 2 is 1.52 bits per heavy atom. The van der Waals surface area contributed by atoms with Gasteiger partial charge in [-0.25, -0.2) is 0 Å². The molecule has 5 heteroatoms. The lowest BCUT2D eigenvalue weighted by Gasteiger charge is -2.28. The van der Waals surface area contributed by atoms with Crippen molar-refractivity contribution < 1.29 is 15.3 Å². The van der Waals surface area contributed by atoms with Crippen LogP contribution in [-0.4, -0.2) is 21.0 Å². The molecule has 0 atom stereocenters. The van der Waals surface area contributed by atoms with Gasteiger partial charge in [0.1, 0.15) is 17.2 Å². The van der Waals surface area contributed by atoms with Crippen LogP contribution in [0.5, 0.6) is 17.2 Å². The zero-order valence-corrected chi connectivity index (χ0v) is 13.3. The van der Waals surface area contributed by atoms with Crippen molar-refractivity contribution in [3.63, 3.8) is 0 Å². The van der Waals surface area contributed by atoms with Gasteiger partial charge in [-0.3, -0.25) is 5.01 Å². The average Bonchev–Trinajstić information content (AvgIpc) is 2.62. The third-order valence-electron chi connectivity index (χ3n) is 4.19. The highest BCUT2D eigenvalue weighted by Crippen LogP contribution is 2.35. The van der Waals surface area contributed by atoms with Crippen LogP contribution < -0.4 is 5.01 Å². The maximum atomic E-state index is 10.3. The molecule has 0 aliphatic carbocycles. The molecular weight excluding hydrogens is 316 g/mol. The molecule has 4 rings (SSSR count). The molecule has 0 spiro atoms. The monoisotopic (exact) mass is 332 g/mol. The van der Waals surface area contributed by atoms with Gasteiger partial charge < -0.3 is 15.3 Å². The lowest BCUT2D eigenvalue weighted by molar-refractivity contribution is 0.444. The molecule has 124 valence electrons. The number of anilines is 1. The molecule has 0 saturated carbocycles. The Morgan fingerprint density at radius 3 is 2.24 bits per heavy atom. The minimum atomic E-state index is -0.00188. The van der Waals surface area contributed by atoms with Crippen molar-refractivity contribution in [2.75, 3.05) is 5.01 Å². The second-order valence-electron chi connectivity index (χ2n) is 5.88. The van der Waals surface area contributed by atoms with Gasteiger partial charge in [0.05, 0.1) is 17.9 Å². The molecule has 1 aliphatic rings. The van der Waals surface area contributed by atoms with E-state index in [0.29, 0.717) is 23.4 Å². The third-order valence-corrected chi connectivity index (χ3v) is 4.19. The lowest BCUT2D eigenvalue weighted by atomic mass is 9.95. The van der Waals surface area contributed by atoms with E-state index in [1.165, 1.54) is 6.07 Å². The second-order valence-corrected chi connectivity index (χ2v) is 5.88. The molecule has 0 aromatic heterocycles. The van der Waals surface area contributed by atoms with Crippen LogP contribution in [0.2, 0.25) is 0 Å². The second kappa shape index (κ2) is 5.87. The van der Waals surface area contributed by atoms with E-state index >= 15 is 0 Å². The zero-order valence-electron chi connectivity index (χ0n) is 13.3. The van der Waals surface area contributed by atoms with Crippen LogP contribution in [0.4, 0.5) is 5.69 Å². The van der Waals surface area contributed by atoms with Crippen molar-refractivity contribution in [3.05, 3.63) is 83.4 Å². The molecule has 0 saturated heterocycles. The molecule has 25 heavy (non-hydrogen) atoms. The Kier molecular flexibility index (Phi) is 3.54. The van der Waals surface area contributed by atoms with E-state index < -0.39 is 0 Å². The fraction of sp³-hybridized carbons (Fsp3) is 0.0500. The smallest absolute Gasteiger partial charge is 0.125 e. The minimum absolute atomic E-state index is 0.00188. The first-order valence-electron chi connectivity index (χ1n) is 7.87. The number of aromatic hydroxyl groups is 3. The number of hydrogen-bond acceptors (Lipinski definition) is 5. The van der Waals surface area contributed by atoms with Crippen LogP contribution in [0.1, 0.15) is 16.7 Å². The Labute approximate surface area is 144 Å². The van der Waals surface area contributed by atoms with E-state index in [1.807, 2.05) is 30.3 Å². The van der Waals surface area contributed by atoms with E-state index in [4.69, 9.17) is 5.10 Å². The lowest BCUT2D eigenvalue weighted by Crippen LogP contribution is -2.26. The van der Waals surface area contributed by atoms with E-state index in [0.717, 1.165) is 11.3 Å². The van der Waals surface area contributed by atoms with Gasteiger partial charge in [0, 0.05) is 22.8 Å². The van der Waals surface area contributed by atoms with Gasteiger partial charge in [-0.05, 0) is 30.3 Å². The van der Waals surface area contributed by atoms with Crippen LogP contribution >= 0.6 is 0 Å². The van der Waals surface area contributed by atoms with Crippen molar-refractivity contribution in [1.82, 2.24) is 0 Å². The van der Waals surface area contributed by atoms with Gasteiger partial charge in [-0.15, -0.1) is 0 Å². The Hall–Kier alpha value is -3.47. The van der Waals surface area contributed by atoms with Gasteiger partial charge in [-0.1, -0.05) is 30.3 Å². The molecule has 3 aromatic rings. The maximum Gasteiger partial charge on any atom is 0.125 e. The standard InChI is InChI=1S/C20H16N2O3/c23-15-8-6-14(7-9-15)22-12-18-17(10-16(24)11-19(18)25)20(21-22)13-4-2-1-3-5-13/h1-11,23-25H,12H2. The molecule has 1 aliphatic heterocycles. The van der Waals surface area contributed by atoms with E-state index in [1.54, 1.807) is 35.3 Å². The molecule has 0 unspecified atom stereocenters. The predicted molar refractivity (Wildman–Crippen MR) is 96.1 cm³/mol. The molecule has 0 fully saturated rings. The highest BCUT2D eigenvalue weighted by molar-refractivity contribution is 6.15. The molecule has 3 aromatic carbocycles. The van der Waals surface area contributed by atoms with E-state index in [2.05, 4.69) is 0 Å². The summed E-state index contributed by atoms with van der Waals surface area (Å²) in [6, 6.07) is 19.3. The summed E-state index contributed by atoms with van der Waals surface area (Å²) in [6.45, 7) is 0.364. The van der Waals surface area contributed by atoms with Gasteiger partial charge in [-0.2, -0.15) is 5.10 Å². The molecule has 3 N–H and O–H groups in total. The SMILES string of the molecule is Oc1ccc(N2Cc3c(O)cc(O)cc3C(c3ccccc3)=N2)cc1. The summed E-state index contributed by atoms with van der Waals surface area (Å²) in [5.74, 6) is 0.210. The number of hydrogen-bond donors (Lipinski definition) is 3. The summed E-state index contributed by atoms with van der Waals surface area (Å²) >= 11 is 0. The maximum absolute atomic E-state index is 10.3. The number of hydrazone groups is 1. The number of nitrogens with zero attached hydrogens (tertiary/aromatic N) is 2. The topological polar surface area (TPSA) is 76.3 Å². The largest absolute Gasteiger partial charge is 0.508 e. The van der Waals surface area contributed by atoms with Gasteiger partial charge in [0.2, 0.25) is 0 Å². The Balaban J connectivity index is 1.89. The summed E-state index contributed by atoms with van der Waals surface area (Å²) in [4.78, 5) is 0. The quantitative estimate of drug-likeness (QED) is 0.670. The van der Waals surface area contributed by atoms with Crippen LogP contribution in [-0.2, 0) is 6.54 Å². The van der Waals surface area contributed by atoms with Gasteiger partial charge >= 0.3 is 0 Å². The van der Waals surface area contributed by atoms with Crippen LogP contribution in [0.25, 0.3) is 0 Å².